The molecular formula is C13H9BrN2O2S2. The molecule has 3 rings (SSSR count). The highest BCUT2D eigenvalue weighted by molar-refractivity contribution is 9.10. The smallest absolute Gasteiger partial charge is 0.267 e. The summed E-state index contributed by atoms with van der Waals surface area (Å²) in [5, 5.41) is 2.49. The van der Waals surface area contributed by atoms with Gasteiger partial charge in [-0.05, 0) is 35.8 Å². The lowest BCUT2D eigenvalue weighted by molar-refractivity contribution is 0.414. The SMILES string of the molecule is COc1cc(Br)cc(-n2c(=S)[nH]c3sccc3c2=O)c1. The van der Waals surface area contributed by atoms with Gasteiger partial charge in [-0.2, -0.15) is 0 Å². The minimum atomic E-state index is -0.134. The molecule has 4 nitrogen and oxygen atoms in total. The van der Waals surface area contributed by atoms with Gasteiger partial charge in [0.2, 0.25) is 0 Å². The molecule has 0 amide bonds. The third-order valence-corrected chi connectivity index (χ3v) is 4.44. The summed E-state index contributed by atoms with van der Waals surface area (Å²) >= 11 is 10.2. The number of nitrogens with zero attached hydrogens (tertiary/aromatic N) is 1. The molecule has 1 aromatic carbocycles. The van der Waals surface area contributed by atoms with Gasteiger partial charge in [0.25, 0.3) is 5.56 Å². The van der Waals surface area contributed by atoms with Crippen molar-refractivity contribution in [1.29, 1.82) is 0 Å². The number of rotatable bonds is 2. The van der Waals surface area contributed by atoms with Crippen LogP contribution in [0.5, 0.6) is 5.75 Å². The summed E-state index contributed by atoms with van der Waals surface area (Å²) in [5.74, 6) is 0.654. The lowest BCUT2D eigenvalue weighted by atomic mass is 10.3. The molecule has 0 unspecified atom stereocenters. The van der Waals surface area contributed by atoms with Gasteiger partial charge in [0.1, 0.15) is 10.6 Å². The summed E-state index contributed by atoms with van der Waals surface area (Å²) in [5.41, 5.74) is 0.528. The van der Waals surface area contributed by atoms with Crippen molar-refractivity contribution < 1.29 is 4.74 Å². The van der Waals surface area contributed by atoms with Crippen molar-refractivity contribution in [1.82, 2.24) is 9.55 Å². The fourth-order valence-corrected chi connectivity index (χ4v) is 3.56. The molecule has 1 N–H and O–H groups in total. The zero-order valence-electron chi connectivity index (χ0n) is 10.3. The van der Waals surface area contributed by atoms with E-state index in [0.717, 1.165) is 9.30 Å². The fraction of sp³-hybridized carbons (Fsp3) is 0.0769. The van der Waals surface area contributed by atoms with Crippen LogP contribution < -0.4 is 10.3 Å². The van der Waals surface area contributed by atoms with Crippen molar-refractivity contribution >= 4 is 49.7 Å². The zero-order chi connectivity index (χ0) is 14.3. The van der Waals surface area contributed by atoms with Gasteiger partial charge in [-0.15, -0.1) is 11.3 Å². The molecule has 0 saturated heterocycles. The number of aromatic nitrogens is 2. The number of benzene rings is 1. The maximum absolute atomic E-state index is 12.5. The van der Waals surface area contributed by atoms with Crippen LogP contribution in [0, 0.1) is 4.77 Å². The van der Waals surface area contributed by atoms with E-state index in [1.54, 1.807) is 19.2 Å². The van der Waals surface area contributed by atoms with E-state index in [0.29, 0.717) is 21.6 Å². The van der Waals surface area contributed by atoms with Crippen LogP contribution in [0.3, 0.4) is 0 Å². The number of methoxy groups -OCH3 is 1. The van der Waals surface area contributed by atoms with Crippen LogP contribution in [-0.4, -0.2) is 16.7 Å². The number of H-pyrrole nitrogens is 1. The van der Waals surface area contributed by atoms with E-state index in [-0.39, 0.29) is 5.56 Å². The molecule has 20 heavy (non-hydrogen) atoms. The molecule has 0 saturated carbocycles. The molecule has 102 valence electrons. The number of thiophene rings is 1. The highest BCUT2D eigenvalue weighted by Gasteiger charge is 2.10. The lowest BCUT2D eigenvalue weighted by Gasteiger charge is -2.09. The van der Waals surface area contributed by atoms with Crippen LogP contribution in [-0.2, 0) is 0 Å². The van der Waals surface area contributed by atoms with E-state index < -0.39 is 0 Å². The molecule has 0 aliphatic heterocycles. The molecule has 0 aliphatic carbocycles. The van der Waals surface area contributed by atoms with Gasteiger partial charge in [0, 0.05) is 10.5 Å². The molecule has 0 aliphatic rings. The first-order valence-corrected chi connectivity index (χ1v) is 7.76. The van der Waals surface area contributed by atoms with Crippen LogP contribution in [0.1, 0.15) is 0 Å². The van der Waals surface area contributed by atoms with Crippen molar-refractivity contribution in [3.05, 3.63) is 49.2 Å². The third-order valence-electron chi connectivity index (χ3n) is 2.87. The van der Waals surface area contributed by atoms with Crippen molar-refractivity contribution in [2.75, 3.05) is 7.11 Å². The zero-order valence-corrected chi connectivity index (χ0v) is 13.6. The maximum atomic E-state index is 12.5. The van der Waals surface area contributed by atoms with Gasteiger partial charge in [-0.1, -0.05) is 15.9 Å². The largest absolute Gasteiger partial charge is 0.497 e. The number of hydrogen-bond acceptors (Lipinski definition) is 4. The highest BCUT2D eigenvalue weighted by Crippen LogP contribution is 2.24. The average molecular weight is 369 g/mol. The Bertz CT molecular complexity index is 911. The Morgan fingerprint density at radius 1 is 1.40 bits per heavy atom. The normalized spacial score (nSPS) is 10.9. The maximum Gasteiger partial charge on any atom is 0.267 e. The first-order valence-electron chi connectivity index (χ1n) is 5.67. The minimum Gasteiger partial charge on any atom is -0.497 e. The summed E-state index contributed by atoms with van der Waals surface area (Å²) in [6.07, 6.45) is 0. The quantitative estimate of drug-likeness (QED) is 0.698. The summed E-state index contributed by atoms with van der Waals surface area (Å²) < 4.78 is 7.88. The van der Waals surface area contributed by atoms with Gasteiger partial charge in [-0.25, -0.2) is 0 Å². The standard InChI is InChI=1S/C13H9BrN2O2S2/c1-18-9-5-7(14)4-8(6-9)16-12(17)10-2-3-20-11(10)15-13(16)19/h2-6H,1H3,(H,15,19). The van der Waals surface area contributed by atoms with E-state index in [1.807, 2.05) is 17.5 Å². The number of hydrogen-bond donors (Lipinski definition) is 1. The van der Waals surface area contributed by atoms with Crippen molar-refractivity contribution in [2.45, 2.75) is 0 Å². The van der Waals surface area contributed by atoms with Gasteiger partial charge < -0.3 is 9.72 Å². The van der Waals surface area contributed by atoms with Gasteiger partial charge in [0.15, 0.2) is 4.77 Å². The highest BCUT2D eigenvalue weighted by atomic mass is 79.9. The second-order valence-electron chi connectivity index (χ2n) is 4.08. The molecule has 7 heteroatoms. The fourth-order valence-electron chi connectivity index (χ4n) is 1.97. The molecule has 0 fully saturated rings. The Kier molecular flexibility index (Phi) is 3.49. The van der Waals surface area contributed by atoms with Crippen molar-refractivity contribution in [3.63, 3.8) is 0 Å². The number of halogens is 1. The number of aromatic amines is 1. The molecular weight excluding hydrogens is 360 g/mol. The number of fused-ring (bicyclic) bond motifs is 1. The van der Waals surface area contributed by atoms with Gasteiger partial charge >= 0.3 is 0 Å². The molecule has 0 spiro atoms. The summed E-state index contributed by atoms with van der Waals surface area (Å²) in [4.78, 5) is 16.4. The lowest BCUT2D eigenvalue weighted by Crippen LogP contribution is -2.19. The van der Waals surface area contributed by atoms with E-state index in [9.17, 15) is 4.79 Å². The van der Waals surface area contributed by atoms with E-state index in [2.05, 4.69) is 20.9 Å². The molecule has 0 radical (unpaired) electrons. The second-order valence-corrected chi connectivity index (χ2v) is 6.30. The Morgan fingerprint density at radius 3 is 2.95 bits per heavy atom. The molecule has 2 aromatic heterocycles. The Balaban J connectivity index is 2.37. The third kappa shape index (κ3) is 2.21. The summed E-state index contributed by atoms with van der Waals surface area (Å²) in [6.45, 7) is 0. The molecule has 2 heterocycles. The van der Waals surface area contributed by atoms with Gasteiger partial charge in [-0.3, -0.25) is 9.36 Å². The van der Waals surface area contributed by atoms with Crippen LogP contribution in [0.15, 0.2) is 38.9 Å². The summed E-state index contributed by atoms with van der Waals surface area (Å²) in [6, 6.07) is 7.21. The van der Waals surface area contributed by atoms with E-state index in [4.69, 9.17) is 17.0 Å². The monoisotopic (exact) mass is 368 g/mol. The Hall–Kier alpha value is -1.44. The van der Waals surface area contributed by atoms with Crippen LogP contribution in [0.25, 0.3) is 15.9 Å². The number of nitrogens with one attached hydrogen (secondary N) is 1. The first-order chi connectivity index (χ1) is 9.60. The first kappa shape index (κ1) is 13.5. The van der Waals surface area contributed by atoms with Gasteiger partial charge in [0.05, 0.1) is 18.2 Å². The number of ether oxygens (including phenoxy) is 1. The van der Waals surface area contributed by atoms with Crippen molar-refractivity contribution in [2.24, 2.45) is 0 Å². The Morgan fingerprint density at radius 2 is 2.20 bits per heavy atom. The Labute approximate surface area is 131 Å². The van der Waals surface area contributed by atoms with Crippen LogP contribution in [0.4, 0.5) is 0 Å². The minimum absolute atomic E-state index is 0.134. The van der Waals surface area contributed by atoms with Crippen LogP contribution >= 0.6 is 39.5 Å². The molecule has 0 atom stereocenters. The predicted molar refractivity (Wildman–Crippen MR) is 86.9 cm³/mol. The van der Waals surface area contributed by atoms with Crippen LogP contribution in [0.2, 0.25) is 0 Å². The van der Waals surface area contributed by atoms with Crippen molar-refractivity contribution in [3.8, 4) is 11.4 Å². The topological polar surface area (TPSA) is 47.0 Å². The molecule has 3 aromatic rings. The second kappa shape index (κ2) is 5.16. The molecule has 0 bridgehead atoms. The average Bonchev–Trinajstić information content (AvgIpc) is 2.86. The predicted octanol–water partition coefficient (Wildman–Crippen LogP) is 3.88. The summed E-state index contributed by atoms with van der Waals surface area (Å²) in [7, 11) is 1.58. The van der Waals surface area contributed by atoms with E-state index >= 15 is 0 Å². The van der Waals surface area contributed by atoms with E-state index in [1.165, 1.54) is 15.9 Å².